The molecular weight excluding hydrogens is 200 g/mol. The van der Waals surface area contributed by atoms with Crippen molar-refractivity contribution in [1.29, 1.82) is 0 Å². The molecule has 2 unspecified atom stereocenters. The Hall–Kier alpha value is -0.570. The molecular formula is C13H26N2O. The highest BCUT2D eigenvalue weighted by Crippen LogP contribution is 2.20. The van der Waals surface area contributed by atoms with Crippen LogP contribution in [-0.4, -0.2) is 29.9 Å². The highest BCUT2D eigenvalue weighted by Gasteiger charge is 2.20. The first kappa shape index (κ1) is 13.5. The molecule has 0 aromatic rings. The van der Waals surface area contributed by atoms with Gasteiger partial charge in [0, 0.05) is 25.6 Å². The SMILES string of the molecule is CCC(N)CC(=O)N1CCCC(CC)CC1. The molecule has 1 aliphatic rings. The molecule has 1 rings (SSSR count). The van der Waals surface area contributed by atoms with Crippen LogP contribution in [0.15, 0.2) is 0 Å². The highest BCUT2D eigenvalue weighted by atomic mass is 16.2. The lowest BCUT2D eigenvalue weighted by atomic mass is 9.98. The minimum atomic E-state index is 0.0396. The van der Waals surface area contributed by atoms with Gasteiger partial charge in [-0.05, 0) is 31.6 Å². The summed E-state index contributed by atoms with van der Waals surface area (Å²) in [5.41, 5.74) is 5.83. The van der Waals surface area contributed by atoms with E-state index in [0.717, 1.165) is 31.8 Å². The average Bonchev–Trinajstić information content (AvgIpc) is 2.53. The van der Waals surface area contributed by atoms with E-state index in [9.17, 15) is 4.79 Å². The van der Waals surface area contributed by atoms with Gasteiger partial charge in [0.25, 0.3) is 0 Å². The number of carbonyl (C=O) groups is 1. The molecule has 3 heteroatoms. The van der Waals surface area contributed by atoms with Gasteiger partial charge in [0.05, 0.1) is 0 Å². The largest absolute Gasteiger partial charge is 0.343 e. The number of nitrogens with two attached hydrogens (primary N) is 1. The summed E-state index contributed by atoms with van der Waals surface area (Å²) in [6, 6.07) is 0.0396. The van der Waals surface area contributed by atoms with Gasteiger partial charge in [-0.25, -0.2) is 0 Å². The zero-order valence-corrected chi connectivity index (χ0v) is 10.7. The van der Waals surface area contributed by atoms with Gasteiger partial charge in [-0.3, -0.25) is 4.79 Å². The predicted molar refractivity (Wildman–Crippen MR) is 67.1 cm³/mol. The quantitative estimate of drug-likeness (QED) is 0.798. The number of amides is 1. The maximum atomic E-state index is 12.0. The van der Waals surface area contributed by atoms with Crippen molar-refractivity contribution in [1.82, 2.24) is 4.90 Å². The van der Waals surface area contributed by atoms with Crippen molar-refractivity contribution in [3.63, 3.8) is 0 Å². The fourth-order valence-electron chi connectivity index (χ4n) is 2.32. The zero-order valence-electron chi connectivity index (χ0n) is 10.7. The minimum Gasteiger partial charge on any atom is -0.343 e. The third-order valence-electron chi connectivity index (χ3n) is 3.74. The van der Waals surface area contributed by atoms with Crippen LogP contribution in [0.2, 0.25) is 0 Å². The van der Waals surface area contributed by atoms with E-state index in [1.807, 2.05) is 11.8 Å². The molecule has 0 aromatic heterocycles. The van der Waals surface area contributed by atoms with Crippen LogP contribution in [0, 0.1) is 5.92 Å². The second-order valence-electron chi connectivity index (χ2n) is 4.96. The van der Waals surface area contributed by atoms with Crippen LogP contribution in [0.3, 0.4) is 0 Å². The first-order chi connectivity index (χ1) is 7.67. The van der Waals surface area contributed by atoms with Crippen LogP contribution in [-0.2, 0) is 4.79 Å². The standard InChI is InChI=1S/C13H26N2O/c1-3-11-6-5-8-15(9-7-11)13(16)10-12(14)4-2/h11-12H,3-10,14H2,1-2H3. The molecule has 0 aliphatic carbocycles. The number of hydrogen-bond donors (Lipinski definition) is 1. The summed E-state index contributed by atoms with van der Waals surface area (Å²) in [5.74, 6) is 1.07. The van der Waals surface area contributed by atoms with Crippen LogP contribution < -0.4 is 5.73 Å². The van der Waals surface area contributed by atoms with Crippen LogP contribution in [0.4, 0.5) is 0 Å². The first-order valence-electron chi connectivity index (χ1n) is 6.70. The molecule has 1 heterocycles. The van der Waals surface area contributed by atoms with Crippen LogP contribution in [0.1, 0.15) is 52.4 Å². The predicted octanol–water partition coefficient (Wildman–Crippen LogP) is 2.15. The Morgan fingerprint density at radius 3 is 2.75 bits per heavy atom. The molecule has 1 amide bonds. The van der Waals surface area contributed by atoms with Gasteiger partial charge in [-0.2, -0.15) is 0 Å². The van der Waals surface area contributed by atoms with Gasteiger partial charge in [0.2, 0.25) is 5.91 Å². The van der Waals surface area contributed by atoms with Crippen molar-refractivity contribution in [2.75, 3.05) is 13.1 Å². The van der Waals surface area contributed by atoms with Gasteiger partial charge in [0.1, 0.15) is 0 Å². The van der Waals surface area contributed by atoms with Gasteiger partial charge >= 0.3 is 0 Å². The van der Waals surface area contributed by atoms with E-state index in [4.69, 9.17) is 5.73 Å². The smallest absolute Gasteiger partial charge is 0.224 e. The van der Waals surface area contributed by atoms with Crippen molar-refractivity contribution < 1.29 is 4.79 Å². The number of rotatable bonds is 4. The van der Waals surface area contributed by atoms with E-state index >= 15 is 0 Å². The van der Waals surface area contributed by atoms with Crippen molar-refractivity contribution in [3.8, 4) is 0 Å². The third-order valence-corrected chi connectivity index (χ3v) is 3.74. The Labute approximate surface area is 99.4 Å². The summed E-state index contributed by atoms with van der Waals surface area (Å²) >= 11 is 0. The van der Waals surface area contributed by atoms with E-state index in [0.29, 0.717) is 6.42 Å². The second kappa shape index (κ2) is 6.89. The summed E-state index contributed by atoms with van der Waals surface area (Å²) in [6.45, 7) is 6.15. The number of nitrogens with zero attached hydrogens (tertiary/aromatic N) is 1. The summed E-state index contributed by atoms with van der Waals surface area (Å²) in [4.78, 5) is 14.0. The minimum absolute atomic E-state index is 0.0396. The first-order valence-corrected chi connectivity index (χ1v) is 6.70. The molecule has 0 spiro atoms. The fourth-order valence-corrected chi connectivity index (χ4v) is 2.32. The molecule has 3 nitrogen and oxygen atoms in total. The number of carbonyl (C=O) groups excluding carboxylic acids is 1. The summed E-state index contributed by atoms with van der Waals surface area (Å²) in [7, 11) is 0. The van der Waals surface area contributed by atoms with Crippen LogP contribution in [0.25, 0.3) is 0 Å². The van der Waals surface area contributed by atoms with E-state index in [2.05, 4.69) is 6.92 Å². The highest BCUT2D eigenvalue weighted by molar-refractivity contribution is 5.76. The van der Waals surface area contributed by atoms with Crippen molar-refractivity contribution in [3.05, 3.63) is 0 Å². The van der Waals surface area contributed by atoms with Crippen molar-refractivity contribution in [2.45, 2.75) is 58.4 Å². The Kier molecular flexibility index (Phi) is 5.81. The monoisotopic (exact) mass is 226 g/mol. The van der Waals surface area contributed by atoms with E-state index in [-0.39, 0.29) is 11.9 Å². The topological polar surface area (TPSA) is 46.3 Å². The van der Waals surface area contributed by atoms with Crippen molar-refractivity contribution in [2.24, 2.45) is 11.7 Å². The summed E-state index contributed by atoms with van der Waals surface area (Å²) < 4.78 is 0. The Morgan fingerprint density at radius 1 is 1.38 bits per heavy atom. The van der Waals surface area contributed by atoms with Crippen molar-refractivity contribution >= 4 is 5.91 Å². The van der Waals surface area contributed by atoms with E-state index in [1.165, 1.54) is 19.3 Å². The maximum Gasteiger partial charge on any atom is 0.224 e. The molecule has 2 N–H and O–H groups in total. The fraction of sp³-hybridized carbons (Fsp3) is 0.923. The second-order valence-corrected chi connectivity index (χ2v) is 4.96. The molecule has 1 saturated heterocycles. The molecule has 1 fully saturated rings. The van der Waals surface area contributed by atoms with Gasteiger partial charge < -0.3 is 10.6 Å². The normalized spacial score (nSPS) is 23.9. The molecule has 1 aliphatic heterocycles. The zero-order chi connectivity index (χ0) is 12.0. The summed E-state index contributed by atoms with van der Waals surface area (Å²) in [6.07, 6.45) is 6.26. The molecule has 94 valence electrons. The maximum absolute atomic E-state index is 12.0. The van der Waals surface area contributed by atoms with E-state index < -0.39 is 0 Å². The Balaban J connectivity index is 2.38. The van der Waals surface area contributed by atoms with Crippen LogP contribution >= 0.6 is 0 Å². The number of likely N-dealkylation sites (tertiary alicyclic amines) is 1. The van der Waals surface area contributed by atoms with Crippen LogP contribution in [0.5, 0.6) is 0 Å². The number of hydrogen-bond acceptors (Lipinski definition) is 2. The lowest BCUT2D eigenvalue weighted by molar-refractivity contribution is -0.131. The van der Waals surface area contributed by atoms with Gasteiger partial charge in [-0.15, -0.1) is 0 Å². The van der Waals surface area contributed by atoms with E-state index in [1.54, 1.807) is 0 Å². The lowest BCUT2D eigenvalue weighted by Crippen LogP contribution is -2.36. The molecule has 2 atom stereocenters. The average molecular weight is 226 g/mol. The van der Waals surface area contributed by atoms with Gasteiger partial charge in [0.15, 0.2) is 0 Å². The molecule has 0 aromatic carbocycles. The Morgan fingerprint density at radius 2 is 2.12 bits per heavy atom. The Bertz CT molecular complexity index is 218. The molecule has 0 radical (unpaired) electrons. The van der Waals surface area contributed by atoms with Gasteiger partial charge in [-0.1, -0.05) is 20.3 Å². The molecule has 0 bridgehead atoms. The lowest BCUT2D eigenvalue weighted by Gasteiger charge is -2.22. The molecule has 0 saturated carbocycles. The third kappa shape index (κ3) is 4.12. The summed E-state index contributed by atoms with van der Waals surface area (Å²) in [5, 5.41) is 0. The molecule has 16 heavy (non-hydrogen) atoms.